The third kappa shape index (κ3) is 2.83. The Morgan fingerprint density at radius 2 is 2.05 bits per heavy atom. The highest BCUT2D eigenvalue weighted by Crippen LogP contribution is 2.32. The van der Waals surface area contributed by atoms with Gasteiger partial charge in [0.1, 0.15) is 5.69 Å². The van der Waals surface area contributed by atoms with E-state index in [1.54, 1.807) is 13.3 Å². The zero-order valence-corrected chi connectivity index (χ0v) is 12.4. The number of anilines is 1. The van der Waals surface area contributed by atoms with Crippen LogP contribution >= 0.6 is 0 Å². The molecule has 0 amide bonds. The van der Waals surface area contributed by atoms with E-state index in [4.69, 9.17) is 9.47 Å². The van der Waals surface area contributed by atoms with Gasteiger partial charge in [-0.25, -0.2) is 4.98 Å². The van der Waals surface area contributed by atoms with E-state index < -0.39 is 0 Å². The van der Waals surface area contributed by atoms with E-state index in [1.807, 2.05) is 19.2 Å². The summed E-state index contributed by atoms with van der Waals surface area (Å²) in [6.45, 7) is 5.19. The number of hydrogen-bond acceptors (Lipinski definition) is 5. The van der Waals surface area contributed by atoms with E-state index in [2.05, 4.69) is 27.0 Å². The molecule has 1 aliphatic heterocycles. The number of morpholine rings is 1. The zero-order valence-electron chi connectivity index (χ0n) is 12.4. The van der Waals surface area contributed by atoms with Gasteiger partial charge in [-0.2, -0.15) is 0 Å². The van der Waals surface area contributed by atoms with Crippen LogP contribution in [0.2, 0.25) is 0 Å². The van der Waals surface area contributed by atoms with Gasteiger partial charge in [0.25, 0.3) is 0 Å². The third-order valence-electron chi connectivity index (χ3n) is 3.70. The lowest BCUT2D eigenvalue weighted by atomic mass is 10.1. The van der Waals surface area contributed by atoms with Crippen molar-refractivity contribution in [3.8, 4) is 17.0 Å². The van der Waals surface area contributed by atoms with E-state index in [0.29, 0.717) is 5.88 Å². The van der Waals surface area contributed by atoms with Crippen LogP contribution in [0.1, 0.15) is 5.69 Å². The van der Waals surface area contributed by atoms with E-state index in [1.165, 1.54) is 0 Å². The van der Waals surface area contributed by atoms with Crippen molar-refractivity contribution in [2.75, 3.05) is 38.3 Å². The molecule has 1 saturated heterocycles. The van der Waals surface area contributed by atoms with Crippen LogP contribution in [0.15, 0.2) is 30.6 Å². The highest BCUT2D eigenvalue weighted by Gasteiger charge is 2.18. The highest BCUT2D eigenvalue weighted by atomic mass is 16.5. The van der Waals surface area contributed by atoms with Gasteiger partial charge >= 0.3 is 0 Å². The SMILES string of the molecule is COc1ncc(-c2cccnc2C)cc1N1CCOCC1. The monoisotopic (exact) mass is 285 g/mol. The van der Waals surface area contributed by atoms with Gasteiger partial charge in [-0.3, -0.25) is 4.98 Å². The molecule has 3 heterocycles. The van der Waals surface area contributed by atoms with Gasteiger partial charge in [-0.15, -0.1) is 0 Å². The topological polar surface area (TPSA) is 47.5 Å². The van der Waals surface area contributed by atoms with Crippen LogP contribution < -0.4 is 9.64 Å². The Kier molecular flexibility index (Phi) is 4.01. The van der Waals surface area contributed by atoms with Crippen LogP contribution in [0.3, 0.4) is 0 Å². The fourth-order valence-corrected chi connectivity index (χ4v) is 2.57. The first kappa shape index (κ1) is 13.8. The Bertz CT molecular complexity index is 625. The molecule has 0 atom stereocenters. The fraction of sp³-hybridized carbons (Fsp3) is 0.375. The summed E-state index contributed by atoms with van der Waals surface area (Å²) < 4.78 is 10.8. The summed E-state index contributed by atoms with van der Waals surface area (Å²) in [7, 11) is 1.65. The van der Waals surface area contributed by atoms with Crippen molar-refractivity contribution < 1.29 is 9.47 Å². The molecule has 0 radical (unpaired) electrons. The molecular formula is C16H19N3O2. The summed E-state index contributed by atoms with van der Waals surface area (Å²) in [4.78, 5) is 11.1. The second-order valence-electron chi connectivity index (χ2n) is 4.99. The Hall–Kier alpha value is -2.14. The number of rotatable bonds is 3. The van der Waals surface area contributed by atoms with Gasteiger partial charge in [0.2, 0.25) is 5.88 Å². The Labute approximate surface area is 124 Å². The number of ether oxygens (including phenoxy) is 2. The molecule has 0 unspecified atom stereocenters. The minimum atomic E-state index is 0.655. The smallest absolute Gasteiger partial charge is 0.237 e. The molecule has 5 nitrogen and oxygen atoms in total. The molecule has 5 heteroatoms. The molecule has 0 bridgehead atoms. The van der Waals surface area contributed by atoms with Gasteiger partial charge in [-0.05, 0) is 19.1 Å². The van der Waals surface area contributed by atoms with Crippen molar-refractivity contribution in [1.29, 1.82) is 0 Å². The molecule has 0 saturated carbocycles. The Morgan fingerprint density at radius 1 is 1.24 bits per heavy atom. The summed E-state index contributed by atoms with van der Waals surface area (Å²) in [6, 6.07) is 6.14. The average molecular weight is 285 g/mol. The summed E-state index contributed by atoms with van der Waals surface area (Å²) in [5, 5.41) is 0. The van der Waals surface area contributed by atoms with Crippen LogP contribution in [0.4, 0.5) is 5.69 Å². The number of aryl methyl sites for hydroxylation is 1. The summed E-state index contributed by atoms with van der Waals surface area (Å²) >= 11 is 0. The summed E-state index contributed by atoms with van der Waals surface area (Å²) in [5.41, 5.74) is 4.17. The summed E-state index contributed by atoms with van der Waals surface area (Å²) in [5.74, 6) is 0.655. The maximum atomic E-state index is 5.42. The molecule has 0 N–H and O–H groups in total. The van der Waals surface area contributed by atoms with Crippen LogP contribution in [0, 0.1) is 6.92 Å². The number of nitrogens with zero attached hydrogens (tertiary/aromatic N) is 3. The van der Waals surface area contributed by atoms with E-state index >= 15 is 0 Å². The first-order valence-corrected chi connectivity index (χ1v) is 7.08. The Balaban J connectivity index is 2.02. The molecular weight excluding hydrogens is 266 g/mol. The molecule has 21 heavy (non-hydrogen) atoms. The predicted octanol–water partition coefficient (Wildman–Crippen LogP) is 2.30. The molecule has 0 aliphatic carbocycles. The van der Waals surface area contributed by atoms with Gasteiger partial charge in [0.15, 0.2) is 0 Å². The fourth-order valence-electron chi connectivity index (χ4n) is 2.57. The van der Waals surface area contributed by atoms with Crippen molar-refractivity contribution in [3.63, 3.8) is 0 Å². The molecule has 1 aliphatic rings. The quantitative estimate of drug-likeness (QED) is 0.866. The van der Waals surface area contributed by atoms with E-state index in [-0.39, 0.29) is 0 Å². The van der Waals surface area contributed by atoms with Gasteiger partial charge < -0.3 is 14.4 Å². The highest BCUT2D eigenvalue weighted by molar-refractivity contribution is 5.71. The van der Waals surface area contributed by atoms with Gasteiger partial charge in [-0.1, -0.05) is 6.07 Å². The van der Waals surface area contributed by atoms with Crippen molar-refractivity contribution in [2.24, 2.45) is 0 Å². The lowest BCUT2D eigenvalue weighted by Gasteiger charge is -2.29. The molecule has 110 valence electrons. The standard InChI is InChI=1S/C16H19N3O2/c1-12-14(4-3-5-17-12)13-10-15(16(20-2)18-11-13)19-6-8-21-9-7-19/h3-5,10-11H,6-9H2,1-2H3. The third-order valence-corrected chi connectivity index (χ3v) is 3.70. The summed E-state index contributed by atoms with van der Waals surface area (Å²) in [6.07, 6.45) is 3.64. The predicted molar refractivity (Wildman–Crippen MR) is 81.8 cm³/mol. The first-order chi connectivity index (χ1) is 10.3. The Morgan fingerprint density at radius 3 is 2.76 bits per heavy atom. The average Bonchev–Trinajstić information content (AvgIpc) is 2.55. The number of hydrogen-bond donors (Lipinski definition) is 0. The molecule has 0 spiro atoms. The second-order valence-corrected chi connectivity index (χ2v) is 4.99. The van der Waals surface area contributed by atoms with Crippen molar-refractivity contribution in [3.05, 3.63) is 36.3 Å². The first-order valence-electron chi connectivity index (χ1n) is 7.08. The number of aromatic nitrogens is 2. The molecule has 3 rings (SSSR count). The number of pyridine rings is 2. The maximum absolute atomic E-state index is 5.42. The van der Waals surface area contributed by atoms with Crippen LogP contribution in [0.25, 0.3) is 11.1 Å². The van der Waals surface area contributed by atoms with Crippen LogP contribution in [-0.4, -0.2) is 43.4 Å². The molecule has 2 aromatic heterocycles. The van der Waals surface area contributed by atoms with Crippen LogP contribution in [-0.2, 0) is 4.74 Å². The molecule has 2 aromatic rings. The van der Waals surface area contributed by atoms with Crippen LogP contribution in [0.5, 0.6) is 5.88 Å². The lowest BCUT2D eigenvalue weighted by molar-refractivity contribution is 0.122. The van der Waals surface area contributed by atoms with Crippen molar-refractivity contribution >= 4 is 5.69 Å². The van der Waals surface area contributed by atoms with Crippen molar-refractivity contribution in [2.45, 2.75) is 6.92 Å². The second kappa shape index (κ2) is 6.10. The number of methoxy groups -OCH3 is 1. The molecule has 0 aromatic carbocycles. The van der Waals surface area contributed by atoms with Crippen molar-refractivity contribution in [1.82, 2.24) is 9.97 Å². The van der Waals surface area contributed by atoms with E-state index in [9.17, 15) is 0 Å². The normalized spacial score (nSPS) is 15.0. The van der Waals surface area contributed by atoms with E-state index in [0.717, 1.165) is 48.8 Å². The zero-order chi connectivity index (χ0) is 14.7. The van der Waals surface area contributed by atoms with Gasteiger partial charge in [0, 0.05) is 42.3 Å². The largest absolute Gasteiger partial charge is 0.480 e. The maximum Gasteiger partial charge on any atom is 0.237 e. The lowest BCUT2D eigenvalue weighted by Crippen LogP contribution is -2.36. The minimum absolute atomic E-state index is 0.655. The van der Waals surface area contributed by atoms with Gasteiger partial charge in [0.05, 0.1) is 20.3 Å². The minimum Gasteiger partial charge on any atom is -0.480 e. The molecule has 1 fully saturated rings.